The average Bonchev–Trinajstić information content (AvgIpc) is 3.37. The van der Waals surface area contributed by atoms with Crippen molar-refractivity contribution in [3.63, 3.8) is 0 Å². The topological polar surface area (TPSA) is 175 Å². The molecule has 0 aromatic carbocycles. The fraction of sp³-hybridized carbons (Fsp3) is 0.705. The van der Waals surface area contributed by atoms with Crippen LogP contribution in [0.1, 0.15) is 226 Å². The number of carboxylic acid groups (broad SMARTS) is 1. The summed E-state index contributed by atoms with van der Waals surface area (Å²) >= 11 is 0. The molecular weight excluding hydrogens is 925 g/mol. The van der Waals surface area contributed by atoms with Crippen LogP contribution in [0.25, 0.3) is 0 Å². The minimum Gasteiger partial charge on any atom is -0.479 e. The van der Waals surface area contributed by atoms with Gasteiger partial charge in [-0.15, -0.1) is 0 Å². The molecule has 1 aliphatic heterocycles. The minimum absolute atomic E-state index is 0.0436. The number of aliphatic carboxylic acids is 1. The zero-order chi connectivity index (χ0) is 53.3. The van der Waals surface area contributed by atoms with Gasteiger partial charge in [-0.3, -0.25) is 14.4 Å². The number of aliphatic hydroxyl groups is 2. The average molecular weight is 1030 g/mol. The molecule has 6 atom stereocenters. The second-order valence-electron chi connectivity index (χ2n) is 19.2. The zero-order valence-electron chi connectivity index (χ0n) is 45.6. The number of carboxylic acids is 1. The van der Waals surface area contributed by atoms with E-state index in [9.17, 15) is 34.5 Å². The number of esters is 3. The van der Waals surface area contributed by atoms with E-state index in [4.69, 9.17) is 23.7 Å². The lowest BCUT2D eigenvalue weighted by Crippen LogP contribution is -2.61. The molecule has 1 saturated heterocycles. The Kier molecular flexibility index (Phi) is 44.7. The molecule has 0 aliphatic carbocycles. The molecule has 0 bridgehead atoms. The maximum Gasteiger partial charge on any atom is 0.335 e. The van der Waals surface area contributed by atoms with Crippen molar-refractivity contribution in [2.45, 2.75) is 263 Å². The summed E-state index contributed by atoms with van der Waals surface area (Å²) in [7, 11) is 0. The fourth-order valence-corrected chi connectivity index (χ4v) is 8.08. The van der Waals surface area contributed by atoms with Gasteiger partial charge in [0.2, 0.25) is 0 Å². The molecule has 3 N–H and O–H groups in total. The summed E-state index contributed by atoms with van der Waals surface area (Å²) in [5.74, 6) is -3.17. The Bertz CT molecular complexity index is 1590. The number of rotatable bonds is 47. The lowest BCUT2D eigenvalue weighted by atomic mass is 9.98. The van der Waals surface area contributed by atoms with Crippen LogP contribution in [-0.2, 0) is 42.9 Å². The molecule has 1 aliphatic rings. The van der Waals surface area contributed by atoms with E-state index in [0.717, 1.165) is 154 Å². The molecule has 0 saturated carbocycles. The van der Waals surface area contributed by atoms with Crippen molar-refractivity contribution in [1.29, 1.82) is 0 Å². The van der Waals surface area contributed by atoms with Crippen LogP contribution in [0.15, 0.2) is 85.1 Å². The van der Waals surface area contributed by atoms with E-state index in [-0.39, 0.29) is 25.9 Å². The standard InChI is InChI=1S/C61H100O12/c1-4-7-10-13-16-19-22-24-26-27-29-31-34-37-40-43-46-49-55(64)72-59-57(66)56(65)58(60(67)68)73-61(59)70-51-52(71-54(63)48-45-42-39-36-32-21-18-15-12-9-6-3)50-69-53(62)47-44-41-38-35-33-30-28-25-23-20-17-14-11-8-5-2/h7-8,10-11,15-20,24-26,28,52,56-59,61,65-66H,4-6,9,12-14,21-23,27,29-51H2,1-3H3,(H,67,68)/b10-7-,11-8-,18-15-,19-16-,20-17-,26-24-,28-25-. The van der Waals surface area contributed by atoms with Crippen molar-refractivity contribution < 1.29 is 58.2 Å². The van der Waals surface area contributed by atoms with Gasteiger partial charge < -0.3 is 39.0 Å². The lowest BCUT2D eigenvalue weighted by Gasteiger charge is -2.40. The van der Waals surface area contributed by atoms with E-state index < -0.39 is 67.3 Å². The Morgan fingerprint density at radius 1 is 0.466 bits per heavy atom. The van der Waals surface area contributed by atoms with Gasteiger partial charge >= 0.3 is 23.9 Å². The summed E-state index contributed by atoms with van der Waals surface area (Å²) < 4.78 is 28.3. The highest BCUT2D eigenvalue weighted by Gasteiger charge is 2.50. The molecule has 416 valence electrons. The van der Waals surface area contributed by atoms with Crippen molar-refractivity contribution >= 4 is 23.9 Å². The third-order valence-corrected chi connectivity index (χ3v) is 12.4. The number of carbonyl (C=O) groups excluding carboxylic acids is 3. The summed E-state index contributed by atoms with van der Waals surface area (Å²) in [6, 6.07) is 0. The first-order valence-electron chi connectivity index (χ1n) is 28.6. The highest BCUT2D eigenvalue weighted by molar-refractivity contribution is 5.74. The second kappa shape index (κ2) is 48.8. The molecule has 6 unspecified atom stereocenters. The number of aliphatic hydroxyl groups excluding tert-OH is 2. The summed E-state index contributed by atoms with van der Waals surface area (Å²) in [4.78, 5) is 51.0. The third-order valence-electron chi connectivity index (χ3n) is 12.4. The number of hydrogen-bond acceptors (Lipinski definition) is 11. The Hall–Kier alpha value is -4.10. The predicted molar refractivity (Wildman–Crippen MR) is 294 cm³/mol. The van der Waals surface area contributed by atoms with E-state index in [1.54, 1.807) is 0 Å². The Morgan fingerprint density at radius 2 is 0.863 bits per heavy atom. The van der Waals surface area contributed by atoms with Gasteiger partial charge in [-0.2, -0.15) is 0 Å². The van der Waals surface area contributed by atoms with Crippen LogP contribution >= 0.6 is 0 Å². The third kappa shape index (κ3) is 39.0. The van der Waals surface area contributed by atoms with Gasteiger partial charge in [0.05, 0.1) is 6.61 Å². The van der Waals surface area contributed by atoms with Crippen LogP contribution < -0.4 is 0 Å². The first-order chi connectivity index (χ1) is 35.6. The van der Waals surface area contributed by atoms with Gasteiger partial charge in [0.15, 0.2) is 24.6 Å². The van der Waals surface area contributed by atoms with E-state index in [2.05, 4.69) is 106 Å². The lowest BCUT2D eigenvalue weighted by molar-refractivity contribution is -0.301. The molecule has 12 nitrogen and oxygen atoms in total. The summed E-state index contributed by atoms with van der Waals surface area (Å²) in [6.07, 6.45) is 49.8. The van der Waals surface area contributed by atoms with E-state index in [1.165, 1.54) is 12.8 Å². The molecule has 0 spiro atoms. The van der Waals surface area contributed by atoms with E-state index in [0.29, 0.717) is 19.3 Å². The number of hydrogen-bond donors (Lipinski definition) is 3. The predicted octanol–water partition coefficient (Wildman–Crippen LogP) is 14.3. The largest absolute Gasteiger partial charge is 0.479 e. The Labute approximate surface area is 441 Å². The molecule has 0 aromatic rings. The van der Waals surface area contributed by atoms with E-state index >= 15 is 0 Å². The maximum atomic E-state index is 13.1. The summed E-state index contributed by atoms with van der Waals surface area (Å²) in [6.45, 7) is 5.69. The Balaban J connectivity index is 2.70. The first kappa shape index (κ1) is 66.9. The van der Waals surface area contributed by atoms with Gasteiger partial charge in [0.1, 0.15) is 18.8 Å². The number of unbranched alkanes of at least 4 members (excludes halogenated alkanes) is 19. The fourth-order valence-electron chi connectivity index (χ4n) is 8.08. The van der Waals surface area contributed by atoms with Gasteiger partial charge in [0.25, 0.3) is 0 Å². The molecule has 73 heavy (non-hydrogen) atoms. The number of allylic oxidation sites excluding steroid dienone is 14. The highest BCUT2D eigenvalue weighted by atomic mass is 16.7. The quantitative estimate of drug-likeness (QED) is 0.0228. The molecule has 0 aromatic heterocycles. The SMILES string of the molecule is CC/C=C\C/C=C\C/C=C\CCCCCCCCCC(=O)OC1C(OCC(COC(=O)CCCCCCC/C=C\C/C=C\C/C=C\CC)OC(=O)CCCCCCC/C=C\CCCC)OC(C(=O)O)C(O)C1O. The van der Waals surface area contributed by atoms with E-state index in [1.807, 2.05) is 0 Å². The molecular formula is C61H100O12. The number of ether oxygens (including phenoxy) is 5. The van der Waals surface area contributed by atoms with Crippen molar-refractivity contribution in [1.82, 2.24) is 0 Å². The maximum absolute atomic E-state index is 13.1. The van der Waals surface area contributed by atoms with Crippen molar-refractivity contribution in [2.24, 2.45) is 0 Å². The van der Waals surface area contributed by atoms with Crippen LogP contribution in [0.4, 0.5) is 0 Å². The smallest absolute Gasteiger partial charge is 0.335 e. The monoisotopic (exact) mass is 1020 g/mol. The second-order valence-corrected chi connectivity index (χ2v) is 19.2. The van der Waals surface area contributed by atoms with Crippen LogP contribution in [-0.4, -0.2) is 89.2 Å². The van der Waals surface area contributed by atoms with Crippen LogP contribution in [0.2, 0.25) is 0 Å². The van der Waals surface area contributed by atoms with Gasteiger partial charge in [-0.1, -0.05) is 189 Å². The van der Waals surface area contributed by atoms with Gasteiger partial charge in [-0.25, -0.2) is 4.79 Å². The van der Waals surface area contributed by atoms with Crippen molar-refractivity contribution in [3.8, 4) is 0 Å². The zero-order valence-corrected chi connectivity index (χ0v) is 45.6. The molecule has 1 rings (SSSR count). The minimum atomic E-state index is -1.91. The molecule has 0 radical (unpaired) electrons. The molecule has 1 heterocycles. The van der Waals surface area contributed by atoms with Crippen LogP contribution in [0.3, 0.4) is 0 Å². The summed E-state index contributed by atoms with van der Waals surface area (Å²) in [5, 5.41) is 31.4. The van der Waals surface area contributed by atoms with Gasteiger partial charge in [-0.05, 0) is 103 Å². The number of carbonyl (C=O) groups is 4. The normalized spacial score (nSPS) is 18.9. The van der Waals surface area contributed by atoms with Crippen molar-refractivity contribution in [2.75, 3.05) is 13.2 Å². The van der Waals surface area contributed by atoms with Crippen LogP contribution in [0.5, 0.6) is 0 Å². The first-order valence-corrected chi connectivity index (χ1v) is 28.6. The van der Waals surface area contributed by atoms with Crippen LogP contribution in [0, 0.1) is 0 Å². The molecule has 1 fully saturated rings. The Morgan fingerprint density at radius 3 is 1.33 bits per heavy atom. The molecule has 12 heteroatoms. The summed E-state index contributed by atoms with van der Waals surface area (Å²) in [5.41, 5.74) is 0. The van der Waals surface area contributed by atoms with Crippen molar-refractivity contribution in [3.05, 3.63) is 85.1 Å². The highest BCUT2D eigenvalue weighted by Crippen LogP contribution is 2.26. The van der Waals surface area contributed by atoms with Gasteiger partial charge in [0, 0.05) is 19.3 Å². The molecule has 0 amide bonds.